The van der Waals surface area contributed by atoms with Crippen LogP contribution in [0.3, 0.4) is 0 Å². The molecular weight excluding hydrogens is 378 g/mol. The fourth-order valence-electron chi connectivity index (χ4n) is 4.41. The Morgan fingerprint density at radius 1 is 1.20 bits per heavy atom. The fraction of sp³-hybridized carbons (Fsp3) is 0.522. The second kappa shape index (κ2) is 9.53. The van der Waals surface area contributed by atoms with Gasteiger partial charge in [-0.15, -0.1) is 0 Å². The minimum absolute atomic E-state index is 0.133. The van der Waals surface area contributed by atoms with Crippen LogP contribution >= 0.6 is 0 Å². The van der Waals surface area contributed by atoms with Crippen molar-refractivity contribution in [1.29, 1.82) is 0 Å². The molecule has 2 aromatic heterocycles. The molecule has 0 saturated carbocycles. The Hall–Kier alpha value is -2.51. The van der Waals surface area contributed by atoms with Crippen LogP contribution in [0.25, 0.3) is 0 Å². The highest BCUT2D eigenvalue weighted by Crippen LogP contribution is 2.14. The molecule has 30 heavy (non-hydrogen) atoms. The summed E-state index contributed by atoms with van der Waals surface area (Å²) in [6, 6.07) is 7.84. The first-order chi connectivity index (χ1) is 14.6. The van der Waals surface area contributed by atoms with Gasteiger partial charge in [0, 0.05) is 51.7 Å². The molecule has 0 aliphatic carbocycles. The van der Waals surface area contributed by atoms with Crippen LogP contribution in [0.1, 0.15) is 34.5 Å². The van der Waals surface area contributed by atoms with E-state index >= 15 is 0 Å². The van der Waals surface area contributed by atoms with E-state index in [0.29, 0.717) is 31.1 Å². The molecule has 1 atom stereocenters. The van der Waals surface area contributed by atoms with E-state index in [-0.39, 0.29) is 11.5 Å². The molecule has 1 N–H and O–H groups in total. The lowest BCUT2D eigenvalue weighted by molar-refractivity contribution is 0.0623. The Bertz CT molecular complexity index is 913. The smallest absolute Gasteiger partial charge is 0.263 e. The van der Waals surface area contributed by atoms with E-state index in [1.807, 2.05) is 48.5 Å². The number of rotatable bonds is 5. The maximum Gasteiger partial charge on any atom is 0.263 e. The molecule has 2 saturated heterocycles. The predicted octanol–water partition coefficient (Wildman–Crippen LogP) is 1.51. The lowest BCUT2D eigenvalue weighted by Gasteiger charge is -2.34. The summed E-state index contributed by atoms with van der Waals surface area (Å²) in [5.41, 5.74) is 1.98. The van der Waals surface area contributed by atoms with Crippen LogP contribution in [0, 0.1) is 12.8 Å². The molecule has 7 nitrogen and oxygen atoms in total. The standard InChI is InChI=1S/C23H31N5O2/c1-18-7-10-28(16-19-5-4-8-24-15-19)23(30)21(18)22(29)27-13-11-26(12-14-27)17-20-6-2-3-9-25-20/h2-3,6-7,9-10,19,24H,4-5,8,11-17H2,1H3. The lowest BCUT2D eigenvalue weighted by Crippen LogP contribution is -2.49. The number of hydrogen-bond acceptors (Lipinski definition) is 5. The quantitative estimate of drug-likeness (QED) is 0.811. The number of nitrogens with one attached hydrogen (secondary N) is 1. The first-order valence-electron chi connectivity index (χ1n) is 10.9. The van der Waals surface area contributed by atoms with Crippen LogP contribution in [0.5, 0.6) is 0 Å². The van der Waals surface area contributed by atoms with E-state index in [1.54, 1.807) is 4.57 Å². The minimum atomic E-state index is -0.151. The molecule has 2 aromatic rings. The predicted molar refractivity (Wildman–Crippen MR) is 116 cm³/mol. The Balaban J connectivity index is 1.41. The Morgan fingerprint density at radius 2 is 2.03 bits per heavy atom. The van der Waals surface area contributed by atoms with E-state index in [9.17, 15) is 9.59 Å². The molecule has 4 rings (SSSR count). The highest BCUT2D eigenvalue weighted by molar-refractivity contribution is 5.95. The minimum Gasteiger partial charge on any atom is -0.336 e. The zero-order valence-corrected chi connectivity index (χ0v) is 17.7. The molecule has 7 heteroatoms. The van der Waals surface area contributed by atoms with Gasteiger partial charge in [-0.3, -0.25) is 19.5 Å². The van der Waals surface area contributed by atoms with Crippen molar-refractivity contribution in [1.82, 2.24) is 24.7 Å². The summed E-state index contributed by atoms with van der Waals surface area (Å²) in [7, 11) is 0. The average Bonchev–Trinajstić information content (AvgIpc) is 2.78. The molecule has 1 unspecified atom stereocenters. The van der Waals surface area contributed by atoms with E-state index in [4.69, 9.17) is 0 Å². The molecule has 0 aromatic carbocycles. The summed E-state index contributed by atoms with van der Waals surface area (Å²) in [6.07, 6.45) is 5.91. The molecule has 0 spiro atoms. The van der Waals surface area contributed by atoms with E-state index in [2.05, 4.69) is 15.2 Å². The Kier molecular flexibility index (Phi) is 6.59. The topological polar surface area (TPSA) is 70.5 Å². The number of nitrogens with zero attached hydrogens (tertiary/aromatic N) is 4. The summed E-state index contributed by atoms with van der Waals surface area (Å²) in [5.74, 6) is 0.309. The van der Waals surface area contributed by atoms with E-state index in [1.165, 1.54) is 0 Å². The summed E-state index contributed by atoms with van der Waals surface area (Å²) in [5, 5.41) is 3.40. The number of carbonyl (C=O) groups excluding carboxylic acids is 1. The van der Waals surface area contributed by atoms with Crippen LogP contribution in [0.15, 0.2) is 41.5 Å². The van der Waals surface area contributed by atoms with Crippen LogP contribution in [-0.4, -0.2) is 64.5 Å². The zero-order valence-electron chi connectivity index (χ0n) is 17.7. The van der Waals surface area contributed by atoms with E-state index in [0.717, 1.165) is 56.8 Å². The monoisotopic (exact) mass is 409 g/mol. The van der Waals surface area contributed by atoms with Crippen LogP contribution in [-0.2, 0) is 13.1 Å². The number of aromatic nitrogens is 2. The first-order valence-corrected chi connectivity index (χ1v) is 10.9. The van der Waals surface area contributed by atoms with Gasteiger partial charge in [-0.2, -0.15) is 0 Å². The molecule has 2 aliphatic heterocycles. The van der Waals surface area contributed by atoms with Crippen molar-refractivity contribution in [3.8, 4) is 0 Å². The summed E-state index contributed by atoms with van der Waals surface area (Å²) in [4.78, 5) is 34.9. The van der Waals surface area contributed by atoms with Gasteiger partial charge in [0.25, 0.3) is 11.5 Å². The molecule has 0 bridgehead atoms. The third-order valence-corrected chi connectivity index (χ3v) is 6.21. The van der Waals surface area contributed by atoms with Gasteiger partial charge in [-0.25, -0.2) is 0 Å². The van der Waals surface area contributed by atoms with Gasteiger partial charge in [0.1, 0.15) is 5.56 Å². The number of amides is 1. The van der Waals surface area contributed by atoms with Gasteiger partial charge in [-0.1, -0.05) is 6.07 Å². The van der Waals surface area contributed by atoms with Crippen molar-refractivity contribution in [2.75, 3.05) is 39.3 Å². The van der Waals surface area contributed by atoms with Crippen LogP contribution in [0.4, 0.5) is 0 Å². The van der Waals surface area contributed by atoms with Gasteiger partial charge in [-0.05, 0) is 62.5 Å². The summed E-state index contributed by atoms with van der Waals surface area (Å²) in [6.45, 7) is 8.14. The maximum atomic E-state index is 13.2. The molecule has 0 radical (unpaired) electrons. The van der Waals surface area contributed by atoms with Crippen molar-refractivity contribution in [3.05, 3.63) is 63.8 Å². The third-order valence-electron chi connectivity index (χ3n) is 6.21. The second-order valence-electron chi connectivity index (χ2n) is 8.43. The first kappa shape index (κ1) is 20.8. The third kappa shape index (κ3) is 4.79. The number of piperazine rings is 1. The Morgan fingerprint density at radius 3 is 2.73 bits per heavy atom. The van der Waals surface area contributed by atoms with Crippen molar-refractivity contribution >= 4 is 5.91 Å². The number of pyridine rings is 2. The van der Waals surface area contributed by atoms with Crippen LogP contribution < -0.4 is 10.9 Å². The van der Waals surface area contributed by atoms with Crippen molar-refractivity contribution in [2.24, 2.45) is 5.92 Å². The average molecular weight is 410 g/mol. The normalized spacial score (nSPS) is 20.3. The molecule has 160 valence electrons. The maximum absolute atomic E-state index is 13.2. The van der Waals surface area contributed by atoms with E-state index < -0.39 is 0 Å². The highest BCUT2D eigenvalue weighted by atomic mass is 16.2. The van der Waals surface area contributed by atoms with Gasteiger partial charge in [0.2, 0.25) is 0 Å². The summed E-state index contributed by atoms with van der Waals surface area (Å²) < 4.78 is 1.73. The molecule has 2 aliphatic rings. The molecule has 4 heterocycles. The van der Waals surface area contributed by atoms with Crippen molar-refractivity contribution < 1.29 is 4.79 Å². The lowest BCUT2D eigenvalue weighted by atomic mass is 9.99. The van der Waals surface area contributed by atoms with Crippen molar-refractivity contribution in [3.63, 3.8) is 0 Å². The van der Waals surface area contributed by atoms with Crippen molar-refractivity contribution in [2.45, 2.75) is 32.9 Å². The van der Waals surface area contributed by atoms with Gasteiger partial charge in [0.15, 0.2) is 0 Å². The number of hydrogen-bond donors (Lipinski definition) is 1. The molecule has 2 fully saturated rings. The van der Waals surface area contributed by atoms with Gasteiger partial charge in [0.05, 0.1) is 5.69 Å². The fourth-order valence-corrected chi connectivity index (χ4v) is 4.41. The number of aryl methyl sites for hydroxylation is 1. The Labute approximate surface area is 177 Å². The zero-order chi connectivity index (χ0) is 20.9. The molecule has 1 amide bonds. The second-order valence-corrected chi connectivity index (χ2v) is 8.43. The number of piperidine rings is 1. The highest BCUT2D eigenvalue weighted by Gasteiger charge is 2.26. The van der Waals surface area contributed by atoms with Crippen LogP contribution in [0.2, 0.25) is 0 Å². The molecular formula is C23H31N5O2. The van der Waals surface area contributed by atoms with Gasteiger partial charge < -0.3 is 14.8 Å². The van der Waals surface area contributed by atoms with Gasteiger partial charge >= 0.3 is 0 Å². The number of carbonyl (C=O) groups is 1. The summed E-state index contributed by atoms with van der Waals surface area (Å²) >= 11 is 0. The largest absolute Gasteiger partial charge is 0.336 e. The SMILES string of the molecule is Cc1ccn(CC2CCCNC2)c(=O)c1C(=O)N1CCN(Cc2ccccn2)CC1.